The van der Waals surface area contributed by atoms with Gasteiger partial charge in [0.1, 0.15) is 11.6 Å². The number of thioether (sulfide) groups is 1. The second-order valence-corrected chi connectivity index (χ2v) is 5.85. The van der Waals surface area contributed by atoms with Gasteiger partial charge in [-0.15, -0.1) is 0 Å². The number of hydrogen-bond donors (Lipinski definition) is 1. The zero-order chi connectivity index (χ0) is 15.0. The summed E-state index contributed by atoms with van der Waals surface area (Å²) in [4.78, 5) is 11.5. The van der Waals surface area contributed by atoms with E-state index in [2.05, 4.69) is 53.9 Å². The van der Waals surface area contributed by atoms with Crippen molar-refractivity contribution in [3.63, 3.8) is 0 Å². The summed E-state index contributed by atoms with van der Waals surface area (Å²) in [5.74, 6) is 2.64. The molecule has 114 valence electrons. The lowest BCUT2D eigenvalue weighted by atomic mass is 10.1. The standard InChI is InChI=1S/C15H28N4S/c1-6-9-16-13-10-14(18-15(17-13)20-5)19(8-3)11-12(4)7-2/h10,12H,6-9,11H2,1-5H3,(H,16,17,18). The Labute approximate surface area is 127 Å². The molecule has 0 saturated carbocycles. The van der Waals surface area contributed by atoms with E-state index in [1.54, 1.807) is 11.8 Å². The van der Waals surface area contributed by atoms with Gasteiger partial charge in [0.2, 0.25) is 0 Å². The van der Waals surface area contributed by atoms with Crippen LogP contribution < -0.4 is 10.2 Å². The highest BCUT2D eigenvalue weighted by molar-refractivity contribution is 7.98. The van der Waals surface area contributed by atoms with E-state index < -0.39 is 0 Å². The number of nitrogens with zero attached hydrogens (tertiary/aromatic N) is 3. The van der Waals surface area contributed by atoms with Gasteiger partial charge in [-0.2, -0.15) is 0 Å². The molecule has 0 saturated heterocycles. The van der Waals surface area contributed by atoms with Crippen LogP contribution in [0, 0.1) is 5.92 Å². The molecule has 0 aliphatic heterocycles. The molecule has 1 atom stereocenters. The molecule has 0 fully saturated rings. The van der Waals surface area contributed by atoms with Gasteiger partial charge in [0.25, 0.3) is 0 Å². The predicted octanol–water partition coefficient (Wildman–Crippen LogP) is 3.89. The van der Waals surface area contributed by atoms with Gasteiger partial charge in [-0.05, 0) is 25.5 Å². The smallest absolute Gasteiger partial charge is 0.191 e. The monoisotopic (exact) mass is 296 g/mol. The van der Waals surface area contributed by atoms with Crippen molar-refractivity contribution in [1.29, 1.82) is 0 Å². The van der Waals surface area contributed by atoms with Gasteiger partial charge in [0.15, 0.2) is 5.16 Å². The normalized spacial score (nSPS) is 12.2. The predicted molar refractivity (Wildman–Crippen MR) is 89.9 cm³/mol. The maximum absolute atomic E-state index is 4.66. The molecular formula is C15H28N4S. The largest absolute Gasteiger partial charge is 0.370 e. The highest BCUT2D eigenvalue weighted by Gasteiger charge is 2.12. The lowest BCUT2D eigenvalue weighted by Gasteiger charge is -2.25. The van der Waals surface area contributed by atoms with Crippen LogP contribution in [0.2, 0.25) is 0 Å². The van der Waals surface area contributed by atoms with E-state index in [1.807, 2.05) is 6.26 Å². The van der Waals surface area contributed by atoms with Crippen molar-refractivity contribution in [1.82, 2.24) is 9.97 Å². The minimum absolute atomic E-state index is 0.676. The average Bonchev–Trinajstić information content (AvgIpc) is 2.49. The first-order valence-electron chi connectivity index (χ1n) is 7.56. The maximum atomic E-state index is 4.66. The van der Waals surface area contributed by atoms with Gasteiger partial charge in [-0.3, -0.25) is 0 Å². The maximum Gasteiger partial charge on any atom is 0.191 e. The lowest BCUT2D eigenvalue weighted by molar-refractivity contribution is 0.544. The molecular weight excluding hydrogens is 268 g/mol. The van der Waals surface area contributed by atoms with Gasteiger partial charge in [0.05, 0.1) is 0 Å². The molecule has 4 nitrogen and oxygen atoms in total. The fourth-order valence-corrected chi connectivity index (χ4v) is 2.27. The first kappa shape index (κ1) is 17.1. The Kier molecular flexibility index (Phi) is 7.73. The molecule has 20 heavy (non-hydrogen) atoms. The topological polar surface area (TPSA) is 41.0 Å². The third-order valence-electron chi connectivity index (χ3n) is 3.37. The van der Waals surface area contributed by atoms with Gasteiger partial charge in [-0.25, -0.2) is 9.97 Å². The SMILES string of the molecule is CCCNc1cc(N(CC)CC(C)CC)nc(SC)n1. The summed E-state index contributed by atoms with van der Waals surface area (Å²) in [6.07, 6.45) is 4.31. The van der Waals surface area contributed by atoms with Crippen LogP contribution in [0.3, 0.4) is 0 Å². The first-order valence-corrected chi connectivity index (χ1v) is 8.78. The molecule has 1 aromatic heterocycles. The number of anilines is 2. The van der Waals surface area contributed by atoms with E-state index in [-0.39, 0.29) is 0 Å². The van der Waals surface area contributed by atoms with Crippen LogP contribution in [-0.2, 0) is 0 Å². The van der Waals surface area contributed by atoms with Gasteiger partial charge < -0.3 is 10.2 Å². The van der Waals surface area contributed by atoms with Crippen molar-refractivity contribution in [3.8, 4) is 0 Å². The van der Waals surface area contributed by atoms with E-state index >= 15 is 0 Å². The van der Waals surface area contributed by atoms with Gasteiger partial charge in [-0.1, -0.05) is 39.0 Å². The molecule has 0 radical (unpaired) electrons. The Morgan fingerprint density at radius 2 is 2.05 bits per heavy atom. The summed E-state index contributed by atoms with van der Waals surface area (Å²) in [7, 11) is 0. The van der Waals surface area contributed by atoms with Crippen molar-refractivity contribution < 1.29 is 0 Å². The number of aromatic nitrogens is 2. The highest BCUT2D eigenvalue weighted by atomic mass is 32.2. The second kappa shape index (κ2) is 9.06. The zero-order valence-electron chi connectivity index (χ0n) is 13.4. The van der Waals surface area contributed by atoms with Crippen molar-refractivity contribution in [2.24, 2.45) is 5.92 Å². The highest BCUT2D eigenvalue weighted by Crippen LogP contribution is 2.21. The van der Waals surface area contributed by atoms with Crippen LogP contribution in [-0.4, -0.2) is 35.9 Å². The summed E-state index contributed by atoms with van der Waals surface area (Å²) in [6.45, 7) is 11.8. The zero-order valence-corrected chi connectivity index (χ0v) is 14.3. The molecule has 1 unspecified atom stereocenters. The van der Waals surface area contributed by atoms with Crippen molar-refractivity contribution in [2.75, 3.05) is 36.1 Å². The molecule has 1 rings (SSSR count). The van der Waals surface area contributed by atoms with Crippen LogP contribution in [0.5, 0.6) is 0 Å². The van der Waals surface area contributed by atoms with E-state index in [4.69, 9.17) is 0 Å². The van der Waals surface area contributed by atoms with Crippen molar-refractivity contribution in [3.05, 3.63) is 6.07 Å². The van der Waals surface area contributed by atoms with E-state index in [1.165, 1.54) is 6.42 Å². The summed E-state index contributed by atoms with van der Waals surface area (Å²) in [6, 6.07) is 2.07. The van der Waals surface area contributed by atoms with Crippen LogP contribution in [0.4, 0.5) is 11.6 Å². The molecule has 0 aliphatic rings. The Morgan fingerprint density at radius 1 is 1.30 bits per heavy atom. The third kappa shape index (κ3) is 5.19. The number of hydrogen-bond acceptors (Lipinski definition) is 5. The van der Waals surface area contributed by atoms with Crippen LogP contribution in [0.25, 0.3) is 0 Å². The summed E-state index contributed by atoms with van der Waals surface area (Å²) in [5.41, 5.74) is 0. The second-order valence-electron chi connectivity index (χ2n) is 5.08. The summed E-state index contributed by atoms with van der Waals surface area (Å²) in [5, 5.41) is 4.20. The molecule has 0 bridgehead atoms. The molecule has 1 N–H and O–H groups in total. The molecule has 0 aromatic carbocycles. The molecule has 0 amide bonds. The van der Waals surface area contributed by atoms with Gasteiger partial charge >= 0.3 is 0 Å². The minimum Gasteiger partial charge on any atom is -0.370 e. The molecule has 1 heterocycles. The molecule has 5 heteroatoms. The summed E-state index contributed by atoms with van der Waals surface area (Å²) >= 11 is 1.59. The van der Waals surface area contributed by atoms with Crippen LogP contribution in [0.1, 0.15) is 40.5 Å². The fourth-order valence-electron chi connectivity index (χ4n) is 1.90. The van der Waals surface area contributed by atoms with Gasteiger partial charge in [0, 0.05) is 25.7 Å². The van der Waals surface area contributed by atoms with Crippen LogP contribution in [0.15, 0.2) is 11.2 Å². The third-order valence-corrected chi connectivity index (χ3v) is 3.91. The van der Waals surface area contributed by atoms with E-state index in [9.17, 15) is 0 Å². The van der Waals surface area contributed by atoms with Crippen molar-refractivity contribution >= 4 is 23.4 Å². The van der Waals surface area contributed by atoms with Crippen LogP contribution >= 0.6 is 11.8 Å². The minimum atomic E-state index is 0.676. The molecule has 0 spiro atoms. The molecule has 1 aromatic rings. The molecule has 0 aliphatic carbocycles. The Bertz CT molecular complexity index is 397. The summed E-state index contributed by atoms with van der Waals surface area (Å²) < 4.78 is 0. The Balaban J connectivity index is 2.94. The average molecular weight is 296 g/mol. The van der Waals surface area contributed by atoms with E-state index in [0.717, 1.165) is 42.8 Å². The fraction of sp³-hybridized carbons (Fsp3) is 0.733. The Hall–Kier alpha value is -0.970. The van der Waals surface area contributed by atoms with Crippen molar-refractivity contribution in [2.45, 2.75) is 45.7 Å². The first-order chi connectivity index (χ1) is 9.64. The Morgan fingerprint density at radius 3 is 2.60 bits per heavy atom. The van der Waals surface area contributed by atoms with E-state index in [0.29, 0.717) is 5.92 Å². The lowest BCUT2D eigenvalue weighted by Crippen LogP contribution is -2.29. The quantitative estimate of drug-likeness (QED) is 0.553. The number of nitrogens with one attached hydrogen (secondary N) is 1. The number of rotatable bonds is 9.